The molecule has 6 heteroatoms. The second-order valence-electron chi connectivity index (χ2n) is 6.98. The number of pyridine rings is 1. The van der Waals surface area contributed by atoms with Crippen molar-refractivity contribution in [2.45, 2.75) is 44.6 Å². The fourth-order valence-corrected chi connectivity index (χ4v) is 3.78. The molecule has 0 saturated carbocycles. The van der Waals surface area contributed by atoms with Crippen LogP contribution in [-0.2, 0) is 5.54 Å². The Kier molecular flexibility index (Phi) is 5.86. The van der Waals surface area contributed by atoms with E-state index in [0.29, 0.717) is 5.06 Å². The van der Waals surface area contributed by atoms with Gasteiger partial charge in [0.25, 0.3) is 0 Å². The summed E-state index contributed by atoms with van der Waals surface area (Å²) in [5.41, 5.74) is 7.03. The van der Waals surface area contributed by atoms with Crippen LogP contribution in [0.2, 0.25) is 0 Å². The molecule has 0 bridgehead atoms. The maximum absolute atomic E-state index is 10.8. The Bertz CT molecular complexity index is 913. The minimum Gasteiger partial charge on any atom is -0.350 e. The van der Waals surface area contributed by atoms with Gasteiger partial charge in [-0.2, -0.15) is 0 Å². The van der Waals surface area contributed by atoms with E-state index in [0.717, 1.165) is 43.0 Å². The zero-order valence-corrected chi connectivity index (χ0v) is 15.6. The summed E-state index contributed by atoms with van der Waals surface area (Å²) in [6.45, 7) is 2.43. The van der Waals surface area contributed by atoms with Crippen LogP contribution in [0.4, 0.5) is 4.79 Å². The first-order valence-corrected chi connectivity index (χ1v) is 9.37. The molecular weight excluding hydrogens is 340 g/mol. The van der Waals surface area contributed by atoms with Crippen molar-refractivity contribution in [1.82, 2.24) is 10.0 Å². The number of hydrogen-bond donors (Lipinski definition) is 2. The highest BCUT2D eigenvalue weighted by atomic mass is 16.5. The minimum absolute atomic E-state index is 0.268. The molecular formula is C21H26N4O2. The summed E-state index contributed by atoms with van der Waals surface area (Å²) in [6, 6.07) is 11.5. The van der Waals surface area contributed by atoms with Crippen LogP contribution in [0.3, 0.4) is 0 Å². The van der Waals surface area contributed by atoms with Crippen molar-refractivity contribution in [2.75, 3.05) is 6.54 Å². The molecule has 3 N–H and O–H groups in total. The fourth-order valence-electron chi connectivity index (χ4n) is 3.78. The zero-order chi connectivity index (χ0) is 19.3. The lowest BCUT2D eigenvalue weighted by molar-refractivity contribution is -0.0403. The third-order valence-electron chi connectivity index (χ3n) is 5.29. The molecule has 3 rings (SSSR count). The monoisotopic (exact) mass is 366 g/mol. The minimum atomic E-state index is -0.807. The summed E-state index contributed by atoms with van der Waals surface area (Å²) in [7, 11) is 0. The third-order valence-corrected chi connectivity index (χ3v) is 5.29. The molecule has 1 aromatic carbocycles. The molecule has 27 heavy (non-hydrogen) atoms. The number of aromatic nitrogens is 1. The molecule has 2 amide bonds. The smallest absolute Gasteiger partial charge is 0.338 e. The topological polar surface area (TPSA) is 91.8 Å². The van der Waals surface area contributed by atoms with Gasteiger partial charge >= 0.3 is 6.03 Å². The predicted octanol–water partition coefficient (Wildman–Crippen LogP) is 2.50. The number of urea groups is 1. The Morgan fingerprint density at radius 1 is 1.15 bits per heavy atom. The van der Waals surface area contributed by atoms with Crippen molar-refractivity contribution in [2.24, 2.45) is 10.7 Å². The molecule has 0 radical (unpaired) electrons. The maximum Gasteiger partial charge on any atom is 0.338 e. The standard InChI is InChI=1S/C21H26N4O2/c1-16-18-10-4-5-11-19(18)24-21(16,17-9-8-13-23-15-17)12-6-2-3-7-14-25(27)20(22)26/h4-5,8-11,13,15,27H,2-3,6-7,12,14H2,1H3,(H2,22,26). The van der Waals surface area contributed by atoms with Gasteiger partial charge < -0.3 is 5.73 Å². The first-order chi connectivity index (χ1) is 13.0. The quantitative estimate of drug-likeness (QED) is 0.427. The summed E-state index contributed by atoms with van der Waals surface area (Å²) >= 11 is 0. The molecule has 0 aliphatic carbocycles. The van der Waals surface area contributed by atoms with Gasteiger partial charge in [0.05, 0.1) is 11.9 Å². The number of nitrogens with zero attached hydrogens (tertiary/aromatic N) is 3. The highest BCUT2D eigenvalue weighted by molar-refractivity contribution is 5.70. The lowest BCUT2D eigenvalue weighted by Gasteiger charge is -2.29. The molecule has 1 aliphatic heterocycles. The average molecular weight is 366 g/mol. The van der Waals surface area contributed by atoms with Crippen LogP contribution < -0.4 is 16.3 Å². The number of rotatable bonds is 8. The number of para-hydroxylation sites is 1. The molecule has 2 heterocycles. The summed E-state index contributed by atoms with van der Waals surface area (Å²) < 4.78 is 0. The summed E-state index contributed by atoms with van der Waals surface area (Å²) in [6.07, 6.45) is 8.22. The SMILES string of the molecule is CC1=c2ccccc2=NC1(CCCCCCN(O)C(N)=O)c1cccnc1. The van der Waals surface area contributed by atoms with Crippen molar-refractivity contribution in [1.29, 1.82) is 0 Å². The lowest BCUT2D eigenvalue weighted by Crippen LogP contribution is -2.33. The van der Waals surface area contributed by atoms with Crippen LogP contribution in [0.15, 0.2) is 53.8 Å². The molecule has 0 fully saturated rings. The lowest BCUT2D eigenvalue weighted by atomic mass is 9.80. The maximum atomic E-state index is 10.8. The number of fused-ring (bicyclic) bond motifs is 1. The Hall–Kier alpha value is -2.73. The van der Waals surface area contributed by atoms with Crippen molar-refractivity contribution < 1.29 is 10.0 Å². The Morgan fingerprint density at radius 2 is 1.93 bits per heavy atom. The molecule has 1 aliphatic rings. The first-order valence-electron chi connectivity index (χ1n) is 9.37. The van der Waals surface area contributed by atoms with Crippen LogP contribution in [0.1, 0.15) is 44.6 Å². The third kappa shape index (κ3) is 4.01. The molecule has 1 atom stereocenters. The highest BCUT2D eigenvalue weighted by Crippen LogP contribution is 2.39. The van der Waals surface area contributed by atoms with Gasteiger partial charge in [0.2, 0.25) is 0 Å². The molecule has 2 aromatic rings. The van der Waals surface area contributed by atoms with Gasteiger partial charge in [-0.3, -0.25) is 15.2 Å². The molecule has 0 spiro atoms. The van der Waals surface area contributed by atoms with Gasteiger partial charge in [0, 0.05) is 23.2 Å². The first kappa shape index (κ1) is 19.0. The summed E-state index contributed by atoms with van der Waals surface area (Å²) in [5.74, 6) is 0. The van der Waals surface area contributed by atoms with Crippen LogP contribution in [-0.4, -0.2) is 27.8 Å². The van der Waals surface area contributed by atoms with Crippen molar-refractivity contribution in [3.8, 4) is 0 Å². The molecule has 1 unspecified atom stereocenters. The summed E-state index contributed by atoms with van der Waals surface area (Å²) in [4.78, 5) is 20.2. The average Bonchev–Trinajstić information content (AvgIpc) is 2.98. The van der Waals surface area contributed by atoms with E-state index in [9.17, 15) is 10.0 Å². The number of nitrogens with two attached hydrogens (primary N) is 1. The number of carbonyl (C=O) groups is 1. The van der Waals surface area contributed by atoms with Gasteiger partial charge in [-0.1, -0.05) is 43.5 Å². The largest absolute Gasteiger partial charge is 0.350 e. The van der Waals surface area contributed by atoms with E-state index in [1.54, 1.807) is 6.20 Å². The number of hydroxylamine groups is 2. The fraction of sp³-hybridized carbons (Fsp3) is 0.381. The van der Waals surface area contributed by atoms with Crippen molar-refractivity contribution in [3.63, 3.8) is 0 Å². The second-order valence-corrected chi connectivity index (χ2v) is 6.98. The van der Waals surface area contributed by atoms with Gasteiger partial charge in [-0.25, -0.2) is 9.86 Å². The van der Waals surface area contributed by atoms with E-state index < -0.39 is 6.03 Å². The molecule has 1 aromatic heterocycles. The van der Waals surface area contributed by atoms with E-state index >= 15 is 0 Å². The molecule has 6 nitrogen and oxygen atoms in total. The van der Waals surface area contributed by atoms with E-state index in [-0.39, 0.29) is 12.1 Å². The van der Waals surface area contributed by atoms with Crippen LogP contribution in [0.25, 0.3) is 5.57 Å². The summed E-state index contributed by atoms with van der Waals surface area (Å²) in [5, 5.41) is 12.1. The van der Waals surface area contributed by atoms with Crippen LogP contribution in [0, 0.1) is 0 Å². The number of primary amides is 1. The molecule has 0 saturated heterocycles. The zero-order valence-electron chi connectivity index (χ0n) is 15.6. The Morgan fingerprint density at radius 3 is 2.63 bits per heavy atom. The number of unbranched alkanes of at least 4 members (excludes halogenated alkanes) is 3. The van der Waals surface area contributed by atoms with Crippen molar-refractivity contribution >= 4 is 11.6 Å². The van der Waals surface area contributed by atoms with E-state index in [1.165, 1.54) is 10.8 Å². The Balaban J connectivity index is 1.71. The van der Waals surface area contributed by atoms with Gasteiger partial charge in [-0.05, 0) is 37.5 Å². The van der Waals surface area contributed by atoms with E-state index in [1.807, 2.05) is 18.3 Å². The molecule has 142 valence electrons. The number of hydrogen-bond acceptors (Lipinski definition) is 4. The Labute approximate surface area is 159 Å². The van der Waals surface area contributed by atoms with E-state index in [4.69, 9.17) is 10.7 Å². The normalized spacial score (nSPS) is 18.1. The number of benzene rings is 1. The van der Waals surface area contributed by atoms with Gasteiger partial charge in [0.15, 0.2) is 0 Å². The van der Waals surface area contributed by atoms with E-state index in [2.05, 4.69) is 36.2 Å². The van der Waals surface area contributed by atoms with Gasteiger partial charge in [-0.15, -0.1) is 0 Å². The number of carbonyl (C=O) groups excluding carboxylic acids is 1. The van der Waals surface area contributed by atoms with Gasteiger partial charge in [0.1, 0.15) is 5.54 Å². The van der Waals surface area contributed by atoms with Crippen LogP contribution >= 0.6 is 0 Å². The number of amides is 2. The highest BCUT2D eigenvalue weighted by Gasteiger charge is 2.36. The predicted molar refractivity (Wildman–Crippen MR) is 103 cm³/mol. The van der Waals surface area contributed by atoms with Crippen LogP contribution in [0.5, 0.6) is 0 Å². The second kappa shape index (κ2) is 8.31. The van der Waals surface area contributed by atoms with Crippen molar-refractivity contribution in [3.05, 3.63) is 64.9 Å².